The smallest absolute Gasteiger partial charge is 0.448 e. The molecule has 3 aliphatic rings. The number of carbonyl (C=O) groups excluding carboxylic acids is 1. The molecule has 2 N–H and O–H groups in total. The lowest BCUT2D eigenvalue weighted by Gasteiger charge is -2.39. The highest BCUT2D eigenvalue weighted by atomic mass is 32.1. The maximum Gasteiger partial charge on any atom is 0.586 e. The molecule has 6 rings (SSSR count). The Morgan fingerprint density at radius 3 is 2.39 bits per heavy atom. The van der Waals surface area contributed by atoms with E-state index in [2.05, 4.69) is 32.4 Å². The molecule has 46 heavy (non-hydrogen) atoms. The molecule has 1 atom stereocenters. The zero-order valence-corrected chi connectivity index (χ0v) is 25.8. The van der Waals surface area contributed by atoms with Crippen LogP contribution in [0, 0.1) is 19.8 Å². The molecule has 0 aliphatic carbocycles. The van der Waals surface area contributed by atoms with Crippen molar-refractivity contribution >= 4 is 18.5 Å². The predicted octanol–water partition coefficient (Wildman–Crippen LogP) is 5.96. The number of benzene rings is 2. The molecule has 246 valence electrons. The molecule has 0 bridgehead atoms. The Labute approximate surface area is 265 Å². The fraction of sp³-hybridized carbons (Fsp3) is 0.419. The van der Waals surface area contributed by atoms with Crippen molar-refractivity contribution in [3.05, 3.63) is 63.1 Å². The second-order valence-electron chi connectivity index (χ2n) is 11.8. The van der Waals surface area contributed by atoms with Crippen molar-refractivity contribution in [2.24, 2.45) is 5.92 Å². The third-order valence-electron chi connectivity index (χ3n) is 8.46. The van der Waals surface area contributed by atoms with Crippen LogP contribution in [-0.2, 0) is 6.54 Å². The first-order valence-electron chi connectivity index (χ1n) is 14.5. The van der Waals surface area contributed by atoms with Gasteiger partial charge >= 0.3 is 12.5 Å². The van der Waals surface area contributed by atoms with Gasteiger partial charge in [0.25, 0.3) is 17.3 Å². The van der Waals surface area contributed by atoms with Crippen LogP contribution in [0.2, 0.25) is 0 Å². The van der Waals surface area contributed by atoms with Crippen molar-refractivity contribution in [1.29, 1.82) is 0 Å². The average Bonchev–Trinajstić information content (AvgIpc) is 3.47. The molecule has 15 heteroatoms. The van der Waals surface area contributed by atoms with Crippen LogP contribution in [-0.4, -0.2) is 53.7 Å². The molecule has 3 aliphatic heterocycles. The van der Waals surface area contributed by atoms with Crippen LogP contribution < -0.4 is 29.8 Å². The second-order valence-corrected chi connectivity index (χ2v) is 12.3. The Kier molecular flexibility index (Phi) is 7.90. The molecule has 2 aromatic carbocycles. The summed E-state index contributed by atoms with van der Waals surface area (Å²) in [5, 5.41) is 2.74. The van der Waals surface area contributed by atoms with Gasteiger partial charge in [0.1, 0.15) is 0 Å². The fourth-order valence-electron chi connectivity index (χ4n) is 6.12. The van der Waals surface area contributed by atoms with E-state index in [1.165, 1.54) is 29.2 Å². The number of hydrogen-bond acceptors (Lipinski definition) is 8. The molecule has 0 radical (unpaired) electrons. The minimum absolute atomic E-state index is 0.135. The summed E-state index contributed by atoms with van der Waals surface area (Å²) in [6.07, 6.45) is -7.44. The lowest BCUT2D eigenvalue weighted by molar-refractivity contribution is -0.286. The van der Waals surface area contributed by atoms with Crippen LogP contribution in [0.15, 0.2) is 40.0 Å². The minimum atomic E-state index is -4.31. The van der Waals surface area contributed by atoms with Gasteiger partial charge in [0.2, 0.25) is 0 Å². The molecule has 0 saturated carbocycles. The molecule has 4 heterocycles. The molecule has 1 aromatic heterocycles. The summed E-state index contributed by atoms with van der Waals surface area (Å²) < 4.78 is 88.5. The van der Waals surface area contributed by atoms with Gasteiger partial charge < -0.3 is 29.2 Å². The summed E-state index contributed by atoms with van der Waals surface area (Å²) in [5.74, 6) is -2.07. The number of hydrogen-bond donors (Lipinski definition) is 3. The molecular formula is C31H30F5N3O6S. The number of H-pyrrole nitrogens is 1. The van der Waals surface area contributed by atoms with Crippen LogP contribution in [0.1, 0.15) is 46.9 Å². The minimum Gasteiger partial charge on any atom is -0.448 e. The number of halogens is 5. The van der Waals surface area contributed by atoms with Gasteiger partial charge in [0, 0.05) is 52.2 Å². The molecule has 9 nitrogen and oxygen atoms in total. The summed E-state index contributed by atoms with van der Waals surface area (Å²) >= 11 is 4.36. The van der Waals surface area contributed by atoms with Crippen molar-refractivity contribution in [1.82, 2.24) is 15.2 Å². The number of pyridine rings is 1. The first kappa shape index (κ1) is 32.0. The SMILES string of the molecule is Cc1cc(S)c(CNC(=O)c2cc(-c3ccc4c(c3)OC(F)(F)O4)c3c(c2C)OC(C)(C2CCN(CC(F)(F)F)CC2)O3)c(=O)[nH]1. The van der Waals surface area contributed by atoms with Crippen LogP contribution >= 0.6 is 12.6 Å². The van der Waals surface area contributed by atoms with Crippen molar-refractivity contribution in [3.8, 4) is 34.1 Å². The van der Waals surface area contributed by atoms with E-state index in [4.69, 9.17) is 9.47 Å². The van der Waals surface area contributed by atoms with Gasteiger partial charge in [-0.15, -0.1) is 21.4 Å². The van der Waals surface area contributed by atoms with Crippen molar-refractivity contribution < 1.29 is 45.7 Å². The molecule has 1 unspecified atom stereocenters. The molecule has 1 fully saturated rings. The maximum atomic E-state index is 13.8. The normalized spacial score (nSPS) is 20.6. The van der Waals surface area contributed by atoms with E-state index in [-0.39, 0.29) is 59.7 Å². The first-order valence-corrected chi connectivity index (χ1v) is 14.9. The van der Waals surface area contributed by atoms with E-state index in [9.17, 15) is 31.5 Å². The zero-order chi connectivity index (χ0) is 33.2. The van der Waals surface area contributed by atoms with E-state index in [0.29, 0.717) is 40.1 Å². The Morgan fingerprint density at radius 2 is 1.72 bits per heavy atom. The number of fused-ring (bicyclic) bond motifs is 2. The van der Waals surface area contributed by atoms with Gasteiger partial charge in [-0.2, -0.15) is 13.2 Å². The third kappa shape index (κ3) is 6.21. The highest BCUT2D eigenvalue weighted by Crippen LogP contribution is 2.53. The summed E-state index contributed by atoms with van der Waals surface area (Å²) in [6.45, 7) is 4.28. The lowest BCUT2D eigenvalue weighted by Crippen LogP contribution is -2.49. The number of amides is 1. The van der Waals surface area contributed by atoms with Gasteiger partial charge in [-0.25, -0.2) is 0 Å². The topological polar surface area (TPSA) is 102 Å². The van der Waals surface area contributed by atoms with E-state index in [1.807, 2.05) is 0 Å². The van der Waals surface area contributed by atoms with Gasteiger partial charge in [0.05, 0.1) is 6.54 Å². The molecular weight excluding hydrogens is 637 g/mol. The van der Waals surface area contributed by atoms with Gasteiger partial charge in [-0.1, -0.05) is 6.07 Å². The number of thiol groups is 1. The number of carbonyl (C=O) groups is 1. The lowest BCUT2D eigenvalue weighted by atomic mass is 9.89. The molecule has 0 spiro atoms. The average molecular weight is 668 g/mol. The van der Waals surface area contributed by atoms with E-state index < -0.39 is 36.3 Å². The number of likely N-dealkylation sites (tertiary alicyclic amines) is 1. The quantitative estimate of drug-likeness (QED) is 0.220. The Hall–Kier alpha value is -3.98. The summed E-state index contributed by atoms with van der Waals surface area (Å²) in [7, 11) is 0. The number of piperidine rings is 1. The number of aromatic nitrogens is 1. The van der Waals surface area contributed by atoms with Crippen molar-refractivity contribution in [3.63, 3.8) is 0 Å². The number of aromatic amines is 1. The second kappa shape index (κ2) is 11.4. The summed E-state index contributed by atoms with van der Waals surface area (Å²) in [6, 6.07) is 7.33. The highest BCUT2D eigenvalue weighted by molar-refractivity contribution is 7.80. The number of rotatable bonds is 6. The van der Waals surface area contributed by atoms with E-state index >= 15 is 0 Å². The zero-order valence-electron chi connectivity index (χ0n) is 24.9. The summed E-state index contributed by atoms with van der Waals surface area (Å²) in [5.41, 5.74) is 1.71. The van der Waals surface area contributed by atoms with Crippen LogP contribution in [0.5, 0.6) is 23.0 Å². The fourth-order valence-corrected chi connectivity index (χ4v) is 6.49. The van der Waals surface area contributed by atoms with Crippen LogP contribution in [0.3, 0.4) is 0 Å². The maximum absolute atomic E-state index is 13.8. The highest BCUT2D eigenvalue weighted by Gasteiger charge is 2.48. The Bertz CT molecular complexity index is 1770. The van der Waals surface area contributed by atoms with Gasteiger partial charge in [-0.3, -0.25) is 14.5 Å². The van der Waals surface area contributed by atoms with Crippen LogP contribution in [0.4, 0.5) is 22.0 Å². The molecule has 1 amide bonds. The molecule has 3 aromatic rings. The van der Waals surface area contributed by atoms with Crippen molar-refractivity contribution in [2.75, 3.05) is 19.6 Å². The number of nitrogens with one attached hydrogen (secondary N) is 2. The largest absolute Gasteiger partial charge is 0.586 e. The summed E-state index contributed by atoms with van der Waals surface area (Å²) in [4.78, 5) is 30.5. The Balaban J connectivity index is 1.34. The van der Waals surface area contributed by atoms with Gasteiger partial charge in [0.15, 0.2) is 23.0 Å². The van der Waals surface area contributed by atoms with Crippen LogP contribution in [0.25, 0.3) is 11.1 Å². The predicted molar refractivity (Wildman–Crippen MR) is 158 cm³/mol. The van der Waals surface area contributed by atoms with Gasteiger partial charge in [-0.05, 0) is 69.6 Å². The van der Waals surface area contributed by atoms with E-state index in [0.717, 1.165) is 0 Å². The third-order valence-corrected chi connectivity index (χ3v) is 8.85. The number of ether oxygens (including phenoxy) is 4. The Morgan fingerprint density at radius 1 is 1.04 bits per heavy atom. The standard InChI is InChI=1S/C31H30F5N3O6S/c1-15-10-24(46)21(28(41)38-15)13-37-27(40)19-12-20(17-4-5-22-23(11-17)43-31(35,36)42-22)26-25(16(19)2)44-29(3,45-26)18-6-8-39(9-7-18)14-30(32,33)34/h4-5,10-12,18H,6-9,13-14H2,1-3H3,(H,37,40)(H2,38,41,46). The van der Waals surface area contributed by atoms with Crippen molar-refractivity contribution in [2.45, 2.75) is 63.3 Å². The van der Waals surface area contributed by atoms with E-state index in [1.54, 1.807) is 26.8 Å². The first-order chi connectivity index (χ1) is 21.5. The number of aryl methyl sites for hydroxylation is 1. The number of alkyl halides is 5. The number of nitrogens with zero attached hydrogens (tertiary/aromatic N) is 1. The monoisotopic (exact) mass is 667 g/mol. The molecule has 1 saturated heterocycles.